The third-order valence-corrected chi connectivity index (χ3v) is 2.20. The second-order valence-electron chi connectivity index (χ2n) is 3.19. The Bertz CT molecular complexity index is 496. The van der Waals surface area contributed by atoms with Gasteiger partial charge in [0.1, 0.15) is 5.82 Å². The fourth-order valence-corrected chi connectivity index (χ4v) is 1.48. The Balaban J connectivity index is 3.06. The van der Waals surface area contributed by atoms with Gasteiger partial charge in [0.2, 0.25) is 10.0 Å². The average molecular weight is 231 g/mol. The molecule has 0 bridgehead atoms. The first-order valence-electron chi connectivity index (χ1n) is 4.08. The number of carbonyl (C=O) groups is 1. The largest absolute Gasteiger partial charge is 0.268 e. The van der Waals surface area contributed by atoms with Crippen LogP contribution in [0.4, 0.5) is 4.39 Å². The summed E-state index contributed by atoms with van der Waals surface area (Å²) >= 11 is 0. The number of benzene rings is 1. The summed E-state index contributed by atoms with van der Waals surface area (Å²) < 4.78 is 36.3. The van der Waals surface area contributed by atoms with Gasteiger partial charge in [0.15, 0.2) is 0 Å². The van der Waals surface area contributed by atoms with Gasteiger partial charge in [0.25, 0.3) is 5.91 Å². The van der Waals surface area contributed by atoms with Crippen molar-refractivity contribution in [1.29, 1.82) is 0 Å². The number of hydrogen-bond acceptors (Lipinski definition) is 3. The predicted molar refractivity (Wildman–Crippen MR) is 53.4 cm³/mol. The highest BCUT2D eigenvalue weighted by Gasteiger charge is 2.15. The van der Waals surface area contributed by atoms with Crippen molar-refractivity contribution in [1.82, 2.24) is 4.72 Å². The van der Waals surface area contributed by atoms with E-state index in [1.165, 1.54) is 12.1 Å². The number of rotatable bonds is 2. The molecule has 82 valence electrons. The highest BCUT2D eigenvalue weighted by Crippen LogP contribution is 2.09. The zero-order valence-electron chi connectivity index (χ0n) is 8.24. The highest BCUT2D eigenvalue weighted by atomic mass is 32.2. The Morgan fingerprint density at radius 1 is 1.40 bits per heavy atom. The molecule has 0 aliphatic rings. The van der Waals surface area contributed by atoms with Gasteiger partial charge in [-0.3, -0.25) is 4.79 Å². The van der Waals surface area contributed by atoms with Gasteiger partial charge in [0.05, 0.1) is 11.8 Å². The Morgan fingerprint density at radius 2 is 2.00 bits per heavy atom. The minimum Gasteiger partial charge on any atom is -0.268 e. The molecule has 1 aromatic carbocycles. The van der Waals surface area contributed by atoms with Gasteiger partial charge in [0, 0.05) is 0 Å². The van der Waals surface area contributed by atoms with Crippen LogP contribution in [0.3, 0.4) is 0 Å². The van der Waals surface area contributed by atoms with Crippen molar-refractivity contribution in [3.05, 3.63) is 35.1 Å². The number of aryl methyl sites for hydroxylation is 1. The van der Waals surface area contributed by atoms with Crippen LogP contribution in [0.1, 0.15) is 15.9 Å². The zero-order chi connectivity index (χ0) is 11.6. The summed E-state index contributed by atoms with van der Waals surface area (Å²) in [6.07, 6.45) is 0.832. The summed E-state index contributed by atoms with van der Waals surface area (Å²) in [5.74, 6) is -1.71. The average Bonchev–Trinajstić information content (AvgIpc) is 2.06. The van der Waals surface area contributed by atoms with E-state index in [4.69, 9.17) is 0 Å². The lowest BCUT2D eigenvalue weighted by molar-refractivity contribution is 0.0977. The molecule has 0 atom stereocenters. The molecule has 0 radical (unpaired) electrons. The lowest BCUT2D eigenvalue weighted by Gasteiger charge is -2.04. The minimum atomic E-state index is -3.67. The molecule has 0 aromatic heterocycles. The Hall–Kier alpha value is -1.43. The number of hydrogen-bond donors (Lipinski definition) is 1. The highest BCUT2D eigenvalue weighted by molar-refractivity contribution is 7.89. The molecule has 1 amide bonds. The van der Waals surface area contributed by atoms with Crippen LogP contribution in [0.15, 0.2) is 18.2 Å². The lowest BCUT2D eigenvalue weighted by atomic mass is 10.1. The fourth-order valence-electron chi connectivity index (χ4n) is 1.04. The maximum atomic E-state index is 13.1. The number of amides is 1. The molecule has 0 heterocycles. The summed E-state index contributed by atoms with van der Waals surface area (Å²) in [4.78, 5) is 11.3. The van der Waals surface area contributed by atoms with Gasteiger partial charge < -0.3 is 0 Å². The standard InChI is InChI=1S/C9H10FNO3S/c1-6-3-4-8(10)7(5-6)9(12)11-15(2,13)14/h3-5H,1-2H3,(H,11,12). The Labute approximate surface area is 87.2 Å². The first kappa shape index (κ1) is 11.6. The number of nitrogens with one attached hydrogen (secondary N) is 1. The summed E-state index contributed by atoms with van der Waals surface area (Å²) in [6, 6.07) is 3.90. The monoisotopic (exact) mass is 231 g/mol. The maximum Gasteiger partial charge on any atom is 0.267 e. The molecule has 4 nitrogen and oxygen atoms in total. The van der Waals surface area contributed by atoms with Crippen molar-refractivity contribution in [3.8, 4) is 0 Å². The van der Waals surface area contributed by atoms with Crippen molar-refractivity contribution in [2.75, 3.05) is 6.26 Å². The van der Waals surface area contributed by atoms with Crippen molar-refractivity contribution in [3.63, 3.8) is 0 Å². The minimum absolute atomic E-state index is 0.277. The molecular formula is C9H10FNO3S. The van der Waals surface area contributed by atoms with E-state index in [2.05, 4.69) is 0 Å². The zero-order valence-corrected chi connectivity index (χ0v) is 9.06. The molecule has 0 unspecified atom stereocenters. The van der Waals surface area contributed by atoms with Crippen LogP contribution in [0.25, 0.3) is 0 Å². The predicted octanol–water partition coefficient (Wildman–Crippen LogP) is 0.824. The third-order valence-electron chi connectivity index (χ3n) is 1.64. The number of carbonyl (C=O) groups excluding carboxylic acids is 1. The molecule has 1 rings (SSSR count). The van der Waals surface area contributed by atoms with Gasteiger partial charge in [-0.2, -0.15) is 0 Å². The van der Waals surface area contributed by atoms with E-state index < -0.39 is 21.7 Å². The van der Waals surface area contributed by atoms with Gasteiger partial charge in [-0.05, 0) is 19.1 Å². The third kappa shape index (κ3) is 3.32. The topological polar surface area (TPSA) is 63.2 Å². The molecule has 0 saturated carbocycles. The van der Waals surface area contributed by atoms with E-state index in [1.54, 1.807) is 11.6 Å². The molecule has 0 fully saturated rings. The molecule has 15 heavy (non-hydrogen) atoms. The van der Waals surface area contributed by atoms with Crippen LogP contribution in [0.5, 0.6) is 0 Å². The molecule has 1 N–H and O–H groups in total. The van der Waals surface area contributed by atoms with Crippen LogP contribution in [0, 0.1) is 12.7 Å². The van der Waals surface area contributed by atoms with Crippen LogP contribution in [0.2, 0.25) is 0 Å². The van der Waals surface area contributed by atoms with Gasteiger partial charge >= 0.3 is 0 Å². The Morgan fingerprint density at radius 3 is 2.53 bits per heavy atom. The molecule has 0 aliphatic heterocycles. The van der Waals surface area contributed by atoms with Crippen LogP contribution in [-0.2, 0) is 10.0 Å². The second kappa shape index (κ2) is 3.98. The van der Waals surface area contributed by atoms with Gasteiger partial charge in [-0.25, -0.2) is 17.5 Å². The Kier molecular flexibility index (Phi) is 3.09. The van der Waals surface area contributed by atoms with E-state index in [9.17, 15) is 17.6 Å². The molecule has 0 spiro atoms. The van der Waals surface area contributed by atoms with Crippen molar-refractivity contribution < 1.29 is 17.6 Å². The van der Waals surface area contributed by atoms with E-state index >= 15 is 0 Å². The maximum absolute atomic E-state index is 13.1. The quantitative estimate of drug-likeness (QED) is 0.819. The summed E-state index contributed by atoms with van der Waals surface area (Å²) in [6.45, 7) is 1.68. The van der Waals surface area contributed by atoms with E-state index in [1.807, 2.05) is 0 Å². The molecule has 6 heteroatoms. The first-order chi connectivity index (χ1) is 6.79. The van der Waals surface area contributed by atoms with Crippen LogP contribution in [-0.4, -0.2) is 20.6 Å². The van der Waals surface area contributed by atoms with Crippen LogP contribution < -0.4 is 4.72 Å². The first-order valence-corrected chi connectivity index (χ1v) is 5.97. The molecule has 0 saturated heterocycles. The SMILES string of the molecule is Cc1ccc(F)c(C(=O)NS(C)(=O)=O)c1. The molecule has 1 aromatic rings. The summed E-state index contributed by atoms with van der Waals surface area (Å²) in [5, 5.41) is 0. The number of sulfonamides is 1. The smallest absolute Gasteiger partial charge is 0.267 e. The van der Waals surface area contributed by atoms with Crippen molar-refractivity contribution in [2.45, 2.75) is 6.92 Å². The van der Waals surface area contributed by atoms with Gasteiger partial charge in [-0.1, -0.05) is 11.6 Å². The van der Waals surface area contributed by atoms with Gasteiger partial charge in [-0.15, -0.1) is 0 Å². The van der Waals surface area contributed by atoms with E-state index in [0.717, 1.165) is 12.3 Å². The van der Waals surface area contributed by atoms with E-state index in [0.29, 0.717) is 5.56 Å². The van der Waals surface area contributed by atoms with E-state index in [-0.39, 0.29) is 5.56 Å². The lowest BCUT2D eigenvalue weighted by Crippen LogP contribution is -2.30. The summed E-state index contributed by atoms with van der Waals surface area (Å²) in [7, 11) is -3.67. The fraction of sp³-hybridized carbons (Fsp3) is 0.222. The van der Waals surface area contributed by atoms with Crippen molar-refractivity contribution >= 4 is 15.9 Å². The normalized spacial score (nSPS) is 11.1. The second-order valence-corrected chi connectivity index (χ2v) is 4.94. The van der Waals surface area contributed by atoms with Crippen molar-refractivity contribution in [2.24, 2.45) is 0 Å². The van der Waals surface area contributed by atoms with Crippen LogP contribution >= 0.6 is 0 Å². The summed E-state index contributed by atoms with van der Waals surface area (Å²) in [5.41, 5.74) is 0.399. The molecular weight excluding hydrogens is 221 g/mol. The number of halogens is 1. The molecule has 0 aliphatic carbocycles.